The maximum Gasteiger partial charge on any atom is 0.293 e. The van der Waals surface area contributed by atoms with Gasteiger partial charge in [-0.05, 0) is 43.5 Å². The van der Waals surface area contributed by atoms with Crippen LogP contribution in [0.4, 0.5) is 5.82 Å². The third-order valence-corrected chi connectivity index (χ3v) is 4.10. The van der Waals surface area contributed by atoms with Gasteiger partial charge in [0.2, 0.25) is 0 Å². The Morgan fingerprint density at radius 2 is 2.00 bits per heavy atom. The van der Waals surface area contributed by atoms with Gasteiger partial charge in [-0.15, -0.1) is 0 Å². The lowest BCUT2D eigenvalue weighted by atomic mass is 10.1. The SMILES string of the molecule is CCn1c(=O)c(NCc2ccc(C)c(C)c2)nc2ccncc21. The van der Waals surface area contributed by atoms with Crippen molar-refractivity contribution in [2.24, 2.45) is 0 Å². The van der Waals surface area contributed by atoms with Crippen LogP contribution in [0, 0.1) is 13.8 Å². The van der Waals surface area contributed by atoms with Crippen molar-refractivity contribution < 1.29 is 0 Å². The fraction of sp³-hybridized carbons (Fsp3) is 0.278. The molecule has 5 heteroatoms. The van der Waals surface area contributed by atoms with Crippen LogP contribution >= 0.6 is 0 Å². The monoisotopic (exact) mass is 308 g/mol. The summed E-state index contributed by atoms with van der Waals surface area (Å²) < 4.78 is 1.69. The number of aryl methyl sites for hydroxylation is 3. The molecule has 0 bridgehead atoms. The summed E-state index contributed by atoms with van der Waals surface area (Å²) in [4.78, 5) is 21.1. The molecular formula is C18H20N4O. The molecule has 0 saturated carbocycles. The average molecular weight is 308 g/mol. The fourth-order valence-electron chi connectivity index (χ4n) is 2.62. The van der Waals surface area contributed by atoms with Crippen LogP contribution in [0.5, 0.6) is 0 Å². The smallest absolute Gasteiger partial charge is 0.293 e. The Bertz CT molecular complexity index is 915. The van der Waals surface area contributed by atoms with Gasteiger partial charge in [0, 0.05) is 19.3 Å². The zero-order valence-electron chi connectivity index (χ0n) is 13.6. The first-order chi connectivity index (χ1) is 11.1. The Labute approximate surface area is 135 Å². The second-order valence-corrected chi connectivity index (χ2v) is 5.65. The van der Waals surface area contributed by atoms with E-state index in [-0.39, 0.29) is 5.56 Å². The second-order valence-electron chi connectivity index (χ2n) is 5.65. The fourth-order valence-corrected chi connectivity index (χ4v) is 2.62. The van der Waals surface area contributed by atoms with Crippen LogP contribution in [0.15, 0.2) is 41.5 Å². The quantitative estimate of drug-likeness (QED) is 0.805. The Hall–Kier alpha value is -2.69. The number of hydrogen-bond acceptors (Lipinski definition) is 4. The molecule has 0 spiro atoms. The van der Waals surface area contributed by atoms with E-state index in [1.54, 1.807) is 17.0 Å². The van der Waals surface area contributed by atoms with Gasteiger partial charge >= 0.3 is 0 Å². The normalized spacial score (nSPS) is 10.9. The van der Waals surface area contributed by atoms with Crippen molar-refractivity contribution in [2.45, 2.75) is 33.9 Å². The van der Waals surface area contributed by atoms with Crippen molar-refractivity contribution in [3.05, 3.63) is 63.7 Å². The summed E-state index contributed by atoms with van der Waals surface area (Å²) in [5.74, 6) is 0.378. The molecule has 2 heterocycles. The number of aromatic nitrogens is 3. The van der Waals surface area contributed by atoms with Gasteiger partial charge in [-0.1, -0.05) is 18.2 Å². The Morgan fingerprint density at radius 1 is 1.17 bits per heavy atom. The Balaban J connectivity index is 1.95. The van der Waals surface area contributed by atoms with Crippen LogP contribution in [0.2, 0.25) is 0 Å². The molecule has 0 aliphatic heterocycles. The van der Waals surface area contributed by atoms with E-state index in [0.717, 1.165) is 16.6 Å². The topological polar surface area (TPSA) is 59.8 Å². The zero-order chi connectivity index (χ0) is 16.4. The summed E-state index contributed by atoms with van der Waals surface area (Å²) in [5.41, 5.74) is 5.05. The first-order valence-electron chi connectivity index (χ1n) is 7.74. The lowest BCUT2D eigenvalue weighted by Crippen LogP contribution is -2.25. The summed E-state index contributed by atoms with van der Waals surface area (Å²) in [5, 5.41) is 3.18. The molecule has 5 nitrogen and oxygen atoms in total. The molecule has 0 aliphatic carbocycles. The number of rotatable bonds is 4. The number of hydrogen-bond donors (Lipinski definition) is 1. The van der Waals surface area contributed by atoms with E-state index in [1.807, 2.05) is 13.0 Å². The van der Waals surface area contributed by atoms with E-state index < -0.39 is 0 Å². The maximum atomic E-state index is 12.6. The molecule has 1 N–H and O–H groups in total. The lowest BCUT2D eigenvalue weighted by molar-refractivity contribution is 0.752. The van der Waals surface area contributed by atoms with Crippen molar-refractivity contribution in [3.63, 3.8) is 0 Å². The van der Waals surface area contributed by atoms with Gasteiger partial charge in [0.1, 0.15) is 0 Å². The summed E-state index contributed by atoms with van der Waals surface area (Å²) in [6.07, 6.45) is 3.37. The van der Waals surface area contributed by atoms with Crippen molar-refractivity contribution in [2.75, 3.05) is 5.32 Å². The molecule has 3 rings (SSSR count). The van der Waals surface area contributed by atoms with Crippen LogP contribution in [0.25, 0.3) is 11.0 Å². The van der Waals surface area contributed by atoms with Crippen LogP contribution < -0.4 is 10.9 Å². The third kappa shape index (κ3) is 2.95. The Kier molecular flexibility index (Phi) is 4.10. The molecule has 2 aromatic heterocycles. The zero-order valence-corrected chi connectivity index (χ0v) is 13.6. The predicted octanol–water partition coefficient (Wildman–Crippen LogP) is 3.04. The number of nitrogens with zero attached hydrogens (tertiary/aromatic N) is 3. The van der Waals surface area contributed by atoms with Gasteiger partial charge in [-0.25, -0.2) is 4.98 Å². The number of nitrogens with one attached hydrogen (secondary N) is 1. The molecule has 0 amide bonds. The van der Waals surface area contributed by atoms with Gasteiger partial charge in [-0.2, -0.15) is 0 Å². The number of fused-ring (bicyclic) bond motifs is 1. The summed E-state index contributed by atoms with van der Waals surface area (Å²) in [6.45, 7) is 7.28. The highest BCUT2D eigenvalue weighted by molar-refractivity contribution is 5.75. The van der Waals surface area contributed by atoms with Gasteiger partial charge < -0.3 is 9.88 Å². The molecule has 1 aromatic carbocycles. The van der Waals surface area contributed by atoms with E-state index in [9.17, 15) is 4.79 Å². The first kappa shape index (κ1) is 15.2. The molecule has 0 aliphatic rings. The molecule has 0 atom stereocenters. The van der Waals surface area contributed by atoms with Gasteiger partial charge in [0.25, 0.3) is 5.56 Å². The van der Waals surface area contributed by atoms with Crippen LogP contribution in [-0.4, -0.2) is 14.5 Å². The Morgan fingerprint density at radius 3 is 2.74 bits per heavy atom. The lowest BCUT2D eigenvalue weighted by Gasteiger charge is -2.12. The minimum atomic E-state index is -0.114. The largest absolute Gasteiger partial charge is 0.361 e. The molecule has 3 aromatic rings. The van der Waals surface area contributed by atoms with E-state index >= 15 is 0 Å². The first-order valence-corrected chi connectivity index (χ1v) is 7.74. The predicted molar refractivity (Wildman–Crippen MR) is 92.7 cm³/mol. The van der Waals surface area contributed by atoms with E-state index in [4.69, 9.17) is 0 Å². The molecule has 0 unspecified atom stereocenters. The highest BCUT2D eigenvalue weighted by atomic mass is 16.1. The van der Waals surface area contributed by atoms with Gasteiger partial charge in [-0.3, -0.25) is 9.78 Å². The molecular weight excluding hydrogens is 288 g/mol. The summed E-state index contributed by atoms with van der Waals surface area (Å²) >= 11 is 0. The van der Waals surface area contributed by atoms with Crippen LogP contribution in [0.3, 0.4) is 0 Å². The van der Waals surface area contributed by atoms with Gasteiger partial charge in [0.15, 0.2) is 5.82 Å². The van der Waals surface area contributed by atoms with Gasteiger partial charge in [0.05, 0.1) is 17.2 Å². The van der Waals surface area contributed by atoms with E-state index in [0.29, 0.717) is 18.9 Å². The summed E-state index contributed by atoms with van der Waals surface area (Å²) in [7, 11) is 0. The molecule has 23 heavy (non-hydrogen) atoms. The molecule has 0 radical (unpaired) electrons. The molecule has 0 fully saturated rings. The average Bonchev–Trinajstić information content (AvgIpc) is 2.56. The second kappa shape index (κ2) is 6.20. The maximum absolute atomic E-state index is 12.6. The number of pyridine rings is 1. The van der Waals surface area contributed by atoms with Crippen LogP contribution in [-0.2, 0) is 13.1 Å². The highest BCUT2D eigenvalue weighted by Gasteiger charge is 2.09. The molecule has 0 saturated heterocycles. The minimum absolute atomic E-state index is 0.114. The van der Waals surface area contributed by atoms with Crippen molar-refractivity contribution in [3.8, 4) is 0 Å². The van der Waals surface area contributed by atoms with Crippen molar-refractivity contribution in [1.82, 2.24) is 14.5 Å². The van der Waals surface area contributed by atoms with E-state index in [1.165, 1.54) is 11.1 Å². The minimum Gasteiger partial charge on any atom is -0.361 e. The molecule has 118 valence electrons. The summed E-state index contributed by atoms with van der Waals surface area (Å²) in [6, 6.07) is 8.11. The number of anilines is 1. The standard InChI is InChI=1S/C18H20N4O/c1-4-22-16-11-19-8-7-15(16)21-17(18(22)23)20-10-14-6-5-12(2)13(3)9-14/h5-9,11H,4,10H2,1-3H3,(H,20,21). The van der Waals surface area contributed by atoms with Crippen LogP contribution in [0.1, 0.15) is 23.6 Å². The highest BCUT2D eigenvalue weighted by Crippen LogP contribution is 2.13. The number of benzene rings is 1. The van der Waals surface area contributed by atoms with Crippen molar-refractivity contribution >= 4 is 16.9 Å². The van der Waals surface area contributed by atoms with E-state index in [2.05, 4.69) is 47.3 Å². The third-order valence-electron chi connectivity index (χ3n) is 4.10. The van der Waals surface area contributed by atoms with Crippen molar-refractivity contribution in [1.29, 1.82) is 0 Å².